The molecule has 3 rings (SSSR count). The van der Waals surface area contributed by atoms with Crippen molar-refractivity contribution in [2.75, 3.05) is 44.7 Å². The lowest BCUT2D eigenvalue weighted by Gasteiger charge is -2.34. The molecule has 1 saturated heterocycles. The van der Waals surface area contributed by atoms with E-state index in [1.54, 1.807) is 25.6 Å². The van der Waals surface area contributed by atoms with Gasteiger partial charge in [-0.3, -0.25) is 0 Å². The second-order valence-electron chi connectivity index (χ2n) is 5.84. The van der Waals surface area contributed by atoms with Crippen LogP contribution in [-0.2, 0) is 4.74 Å². The third-order valence-electron chi connectivity index (χ3n) is 4.30. The molecule has 25 heavy (non-hydrogen) atoms. The molecule has 1 aromatic heterocycles. The van der Waals surface area contributed by atoms with Gasteiger partial charge in [-0.1, -0.05) is 30.3 Å². The maximum Gasteiger partial charge on any atom is 0.317 e. The van der Waals surface area contributed by atoms with Gasteiger partial charge in [0.1, 0.15) is 0 Å². The summed E-state index contributed by atoms with van der Waals surface area (Å²) in [5.41, 5.74) is 1.05. The minimum Gasteiger partial charge on any atom is -0.375 e. The van der Waals surface area contributed by atoms with E-state index in [0.717, 1.165) is 18.7 Å². The zero-order valence-corrected chi connectivity index (χ0v) is 14.3. The van der Waals surface area contributed by atoms with Gasteiger partial charge < -0.3 is 19.9 Å². The van der Waals surface area contributed by atoms with Crippen LogP contribution in [0.3, 0.4) is 0 Å². The Morgan fingerprint density at radius 1 is 1.12 bits per heavy atom. The molecule has 1 aliphatic heterocycles. The highest BCUT2D eigenvalue weighted by Gasteiger charge is 2.23. The van der Waals surface area contributed by atoms with Crippen molar-refractivity contribution in [3.05, 3.63) is 54.4 Å². The Balaban J connectivity index is 1.48. The zero-order valence-electron chi connectivity index (χ0n) is 14.3. The van der Waals surface area contributed by atoms with Gasteiger partial charge in [-0.25, -0.2) is 14.8 Å². The molecule has 0 saturated carbocycles. The van der Waals surface area contributed by atoms with E-state index in [0.29, 0.717) is 25.6 Å². The van der Waals surface area contributed by atoms with Gasteiger partial charge in [0, 0.05) is 52.2 Å². The number of carbonyl (C=O) groups excluding carboxylic acids is 1. The van der Waals surface area contributed by atoms with Crippen LogP contribution in [0.5, 0.6) is 0 Å². The Kier molecular flexibility index (Phi) is 5.79. The number of ether oxygens (including phenoxy) is 1. The molecule has 1 aliphatic rings. The topological polar surface area (TPSA) is 70.6 Å². The standard InChI is InChI=1S/C18H23N5O2/c1-25-16(15-6-3-2-4-7-15)14-21-18(24)23-12-10-22(11-13-23)17-19-8-5-9-20-17/h2-9,16H,10-14H2,1H3,(H,21,24)/t16-/m1/s1. The van der Waals surface area contributed by atoms with Gasteiger partial charge in [0.05, 0.1) is 6.10 Å². The van der Waals surface area contributed by atoms with E-state index < -0.39 is 0 Å². The highest BCUT2D eigenvalue weighted by atomic mass is 16.5. The number of aromatic nitrogens is 2. The van der Waals surface area contributed by atoms with Crippen molar-refractivity contribution in [3.8, 4) is 0 Å². The lowest BCUT2D eigenvalue weighted by atomic mass is 10.1. The number of anilines is 1. The summed E-state index contributed by atoms with van der Waals surface area (Å²) in [6, 6.07) is 11.6. The smallest absolute Gasteiger partial charge is 0.317 e. The van der Waals surface area contributed by atoms with Crippen LogP contribution in [0.25, 0.3) is 0 Å². The molecule has 0 spiro atoms. The van der Waals surface area contributed by atoms with Crippen LogP contribution in [0, 0.1) is 0 Å². The van der Waals surface area contributed by atoms with Gasteiger partial charge in [-0.15, -0.1) is 0 Å². The lowest BCUT2D eigenvalue weighted by Crippen LogP contribution is -2.52. The molecular formula is C18H23N5O2. The molecule has 0 unspecified atom stereocenters. The summed E-state index contributed by atoms with van der Waals surface area (Å²) in [5.74, 6) is 0.714. The SMILES string of the molecule is CO[C@H](CNC(=O)N1CCN(c2ncccn2)CC1)c1ccccc1. The molecule has 7 nitrogen and oxygen atoms in total. The molecular weight excluding hydrogens is 318 g/mol. The Hall–Kier alpha value is -2.67. The molecule has 1 aromatic carbocycles. The summed E-state index contributed by atoms with van der Waals surface area (Å²) >= 11 is 0. The first-order chi connectivity index (χ1) is 12.3. The van der Waals surface area contributed by atoms with Crippen LogP contribution in [0.4, 0.5) is 10.7 Å². The average Bonchev–Trinajstić information content (AvgIpc) is 2.70. The number of nitrogens with zero attached hydrogens (tertiary/aromatic N) is 4. The van der Waals surface area contributed by atoms with Crippen molar-refractivity contribution >= 4 is 12.0 Å². The predicted octanol–water partition coefficient (Wildman–Crippen LogP) is 1.70. The highest BCUT2D eigenvalue weighted by Crippen LogP contribution is 2.15. The molecule has 1 N–H and O–H groups in total. The van der Waals surface area contributed by atoms with Gasteiger partial charge in [0.2, 0.25) is 5.95 Å². The van der Waals surface area contributed by atoms with Crippen molar-refractivity contribution in [2.24, 2.45) is 0 Å². The van der Waals surface area contributed by atoms with Crippen LogP contribution in [0.2, 0.25) is 0 Å². The quantitative estimate of drug-likeness (QED) is 0.896. The van der Waals surface area contributed by atoms with Crippen LogP contribution in [-0.4, -0.2) is 60.7 Å². The summed E-state index contributed by atoms with van der Waals surface area (Å²) in [6.45, 7) is 3.19. The molecule has 0 radical (unpaired) electrons. The largest absolute Gasteiger partial charge is 0.375 e. The van der Waals surface area contributed by atoms with E-state index in [4.69, 9.17) is 4.74 Å². The maximum atomic E-state index is 12.4. The van der Waals surface area contributed by atoms with Crippen molar-refractivity contribution < 1.29 is 9.53 Å². The molecule has 0 aliphatic carbocycles. The fourth-order valence-corrected chi connectivity index (χ4v) is 2.86. The lowest BCUT2D eigenvalue weighted by molar-refractivity contribution is 0.101. The summed E-state index contributed by atoms with van der Waals surface area (Å²) in [5, 5.41) is 2.97. The number of methoxy groups -OCH3 is 1. The first-order valence-electron chi connectivity index (χ1n) is 8.40. The fourth-order valence-electron chi connectivity index (χ4n) is 2.86. The molecule has 0 bridgehead atoms. The Morgan fingerprint density at radius 2 is 1.80 bits per heavy atom. The average molecular weight is 341 g/mol. The summed E-state index contributed by atoms with van der Waals surface area (Å²) < 4.78 is 5.49. The van der Waals surface area contributed by atoms with Crippen molar-refractivity contribution in [1.29, 1.82) is 0 Å². The fraction of sp³-hybridized carbons (Fsp3) is 0.389. The van der Waals surface area contributed by atoms with Crippen LogP contribution in [0.1, 0.15) is 11.7 Å². The summed E-state index contributed by atoms with van der Waals surface area (Å²) in [7, 11) is 1.66. The molecule has 7 heteroatoms. The highest BCUT2D eigenvalue weighted by molar-refractivity contribution is 5.74. The van der Waals surface area contributed by atoms with Gasteiger partial charge in [-0.2, -0.15) is 0 Å². The van der Waals surface area contributed by atoms with Gasteiger partial charge >= 0.3 is 6.03 Å². The number of hydrogen-bond donors (Lipinski definition) is 1. The third-order valence-corrected chi connectivity index (χ3v) is 4.30. The number of benzene rings is 1. The van der Waals surface area contributed by atoms with Gasteiger partial charge in [0.15, 0.2) is 0 Å². The number of amides is 2. The van der Waals surface area contributed by atoms with E-state index in [1.807, 2.05) is 35.2 Å². The number of piperazine rings is 1. The predicted molar refractivity (Wildman–Crippen MR) is 95.4 cm³/mol. The second kappa shape index (κ2) is 8.43. The van der Waals surface area contributed by atoms with E-state index in [9.17, 15) is 4.79 Å². The Bertz CT molecular complexity index is 660. The first-order valence-corrected chi connectivity index (χ1v) is 8.40. The zero-order chi connectivity index (χ0) is 17.5. The van der Waals surface area contributed by atoms with E-state index in [-0.39, 0.29) is 12.1 Å². The van der Waals surface area contributed by atoms with E-state index >= 15 is 0 Å². The van der Waals surface area contributed by atoms with Gasteiger partial charge in [0.25, 0.3) is 0 Å². The summed E-state index contributed by atoms with van der Waals surface area (Å²) in [6.07, 6.45) is 3.32. The van der Waals surface area contributed by atoms with Crippen LogP contribution in [0.15, 0.2) is 48.8 Å². The first kappa shape index (κ1) is 17.2. The second-order valence-corrected chi connectivity index (χ2v) is 5.84. The van der Waals surface area contributed by atoms with Gasteiger partial charge in [-0.05, 0) is 11.6 Å². The monoisotopic (exact) mass is 341 g/mol. The molecule has 1 atom stereocenters. The maximum absolute atomic E-state index is 12.4. The van der Waals surface area contributed by atoms with Crippen molar-refractivity contribution in [1.82, 2.24) is 20.2 Å². The molecule has 1 fully saturated rings. The molecule has 132 valence electrons. The number of nitrogens with one attached hydrogen (secondary N) is 1. The molecule has 2 amide bonds. The van der Waals surface area contributed by atoms with Crippen molar-refractivity contribution in [3.63, 3.8) is 0 Å². The summed E-state index contributed by atoms with van der Waals surface area (Å²) in [4.78, 5) is 24.8. The Morgan fingerprint density at radius 3 is 2.44 bits per heavy atom. The Labute approximate surface area is 147 Å². The number of urea groups is 1. The van der Waals surface area contributed by atoms with E-state index in [1.165, 1.54) is 0 Å². The minimum atomic E-state index is -0.149. The minimum absolute atomic E-state index is 0.0633. The van der Waals surface area contributed by atoms with Crippen LogP contribution >= 0.6 is 0 Å². The normalized spacial score (nSPS) is 15.7. The number of carbonyl (C=O) groups is 1. The van der Waals surface area contributed by atoms with Crippen LogP contribution < -0.4 is 10.2 Å². The molecule has 2 heterocycles. The molecule has 2 aromatic rings. The van der Waals surface area contributed by atoms with Crippen molar-refractivity contribution in [2.45, 2.75) is 6.10 Å². The number of hydrogen-bond acceptors (Lipinski definition) is 5. The van der Waals surface area contributed by atoms with E-state index in [2.05, 4.69) is 20.2 Å². The number of rotatable bonds is 5. The third kappa shape index (κ3) is 4.45.